The van der Waals surface area contributed by atoms with Crippen LogP contribution in [0.2, 0.25) is 0 Å². The van der Waals surface area contributed by atoms with Crippen LogP contribution in [0.5, 0.6) is 5.75 Å². The summed E-state index contributed by atoms with van der Waals surface area (Å²) in [5, 5.41) is 4.18. The molecule has 1 aliphatic heterocycles. The Bertz CT molecular complexity index is 834. The van der Waals surface area contributed by atoms with Crippen molar-refractivity contribution < 1.29 is 9.26 Å². The normalized spacial score (nSPS) is 19.9. The van der Waals surface area contributed by atoms with Crippen LogP contribution in [0.4, 0.5) is 0 Å². The van der Waals surface area contributed by atoms with Gasteiger partial charge >= 0.3 is 0 Å². The molecule has 0 amide bonds. The third-order valence-electron chi connectivity index (χ3n) is 4.33. The lowest BCUT2D eigenvalue weighted by atomic mass is 9.95. The number of nitrogens with one attached hydrogen (secondary N) is 2. The van der Waals surface area contributed by atoms with E-state index in [4.69, 9.17) is 9.26 Å². The topological polar surface area (TPSA) is 72.2 Å². The summed E-state index contributed by atoms with van der Waals surface area (Å²) in [4.78, 5) is 4.64. The van der Waals surface area contributed by atoms with E-state index in [1.165, 1.54) is 5.56 Å². The predicted octanol–water partition coefficient (Wildman–Crippen LogP) is 3.07. The van der Waals surface area contributed by atoms with Gasteiger partial charge in [0.2, 0.25) is 11.7 Å². The van der Waals surface area contributed by atoms with Gasteiger partial charge in [-0.3, -0.25) is 5.43 Å². The molecule has 4 rings (SSSR count). The van der Waals surface area contributed by atoms with E-state index in [9.17, 15) is 0 Å². The molecule has 1 saturated heterocycles. The number of aromatic nitrogens is 2. The van der Waals surface area contributed by atoms with Crippen molar-refractivity contribution in [3.05, 3.63) is 66.1 Å². The van der Waals surface area contributed by atoms with Crippen LogP contribution in [0, 0.1) is 0 Å². The highest BCUT2D eigenvalue weighted by molar-refractivity contribution is 5.63. The molecule has 2 heterocycles. The van der Waals surface area contributed by atoms with Crippen LogP contribution in [-0.4, -0.2) is 23.3 Å². The van der Waals surface area contributed by atoms with Crippen molar-refractivity contribution in [3.8, 4) is 17.1 Å². The molecule has 1 fully saturated rings. The standard InChI is InChI=1S/C19H20N4O2/c1-2-24-16-11-7-6-10-14(16)18-21-19(25-23-18)15-12-20-22-17(15)13-8-4-3-5-9-13/h3-11,15,17,20,22H,2,12H2,1H3. The third kappa shape index (κ3) is 3.14. The molecule has 6 heteroatoms. The van der Waals surface area contributed by atoms with Crippen LogP contribution in [0.1, 0.15) is 30.3 Å². The molecule has 0 radical (unpaired) electrons. The number of hydrazine groups is 1. The van der Waals surface area contributed by atoms with Gasteiger partial charge in [0.05, 0.1) is 24.1 Å². The zero-order valence-corrected chi connectivity index (χ0v) is 14.0. The van der Waals surface area contributed by atoms with E-state index in [1.807, 2.05) is 49.4 Å². The third-order valence-corrected chi connectivity index (χ3v) is 4.33. The van der Waals surface area contributed by atoms with Crippen LogP contribution in [0.3, 0.4) is 0 Å². The van der Waals surface area contributed by atoms with Crippen LogP contribution < -0.4 is 15.6 Å². The molecule has 6 nitrogen and oxygen atoms in total. The van der Waals surface area contributed by atoms with Crippen LogP contribution in [-0.2, 0) is 0 Å². The second kappa shape index (κ2) is 7.04. The van der Waals surface area contributed by atoms with Crippen molar-refractivity contribution in [2.24, 2.45) is 0 Å². The number of rotatable bonds is 5. The monoisotopic (exact) mass is 336 g/mol. The lowest BCUT2D eigenvalue weighted by Gasteiger charge is -2.15. The highest BCUT2D eigenvalue weighted by atomic mass is 16.5. The fraction of sp³-hybridized carbons (Fsp3) is 0.263. The van der Waals surface area contributed by atoms with Crippen LogP contribution in [0.25, 0.3) is 11.4 Å². The highest BCUT2D eigenvalue weighted by Gasteiger charge is 2.34. The SMILES string of the molecule is CCOc1ccccc1-c1noc(C2CNNC2c2ccccc2)n1. The molecule has 0 bridgehead atoms. The molecule has 0 saturated carbocycles. The Morgan fingerprint density at radius 2 is 1.92 bits per heavy atom. The van der Waals surface area contributed by atoms with Gasteiger partial charge in [-0.1, -0.05) is 47.6 Å². The smallest absolute Gasteiger partial charge is 0.233 e. The summed E-state index contributed by atoms with van der Waals surface area (Å²) in [6.07, 6.45) is 0. The summed E-state index contributed by atoms with van der Waals surface area (Å²) in [6.45, 7) is 3.28. The second-order valence-electron chi connectivity index (χ2n) is 5.91. The highest BCUT2D eigenvalue weighted by Crippen LogP contribution is 2.34. The summed E-state index contributed by atoms with van der Waals surface area (Å²) in [6, 6.07) is 18.1. The number of nitrogens with zero attached hydrogens (tertiary/aromatic N) is 2. The molecule has 1 aromatic heterocycles. The number of para-hydroxylation sites is 1. The molecule has 2 N–H and O–H groups in total. The van der Waals surface area contributed by atoms with Crippen molar-refractivity contribution in [3.63, 3.8) is 0 Å². The van der Waals surface area contributed by atoms with E-state index in [-0.39, 0.29) is 12.0 Å². The molecule has 2 atom stereocenters. The summed E-state index contributed by atoms with van der Waals surface area (Å²) >= 11 is 0. The fourth-order valence-corrected chi connectivity index (χ4v) is 3.13. The summed E-state index contributed by atoms with van der Waals surface area (Å²) in [5.74, 6) is 2.01. The zero-order valence-electron chi connectivity index (χ0n) is 14.0. The van der Waals surface area contributed by atoms with Gasteiger partial charge in [-0.2, -0.15) is 4.98 Å². The van der Waals surface area contributed by atoms with E-state index < -0.39 is 0 Å². The molecular weight excluding hydrogens is 316 g/mol. The Hall–Kier alpha value is -2.70. The minimum absolute atomic E-state index is 0.0721. The Kier molecular flexibility index (Phi) is 4.45. The quantitative estimate of drug-likeness (QED) is 0.746. The largest absolute Gasteiger partial charge is 0.493 e. The molecule has 3 aromatic rings. The fourth-order valence-electron chi connectivity index (χ4n) is 3.13. The first-order chi connectivity index (χ1) is 12.4. The Morgan fingerprint density at radius 3 is 2.76 bits per heavy atom. The average Bonchev–Trinajstić information content (AvgIpc) is 3.32. The second-order valence-corrected chi connectivity index (χ2v) is 5.91. The van der Waals surface area contributed by atoms with E-state index in [0.29, 0.717) is 18.3 Å². The van der Waals surface area contributed by atoms with Gasteiger partial charge in [0, 0.05) is 6.54 Å². The number of ether oxygens (including phenoxy) is 1. The first-order valence-corrected chi connectivity index (χ1v) is 8.46. The van der Waals surface area contributed by atoms with Gasteiger partial charge in [-0.05, 0) is 24.6 Å². The van der Waals surface area contributed by atoms with E-state index in [0.717, 1.165) is 17.9 Å². The molecule has 0 spiro atoms. The molecule has 128 valence electrons. The van der Waals surface area contributed by atoms with Crippen LogP contribution in [0.15, 0.2) is 59.1 Å². The maximum absolute atomic E-state index is 5.67. The predicted molar refractivity (Wildman–Crippen MR) is 94.0 cm³/mol. The maximum atomic E-state index is 5.67. The summed E-state index contributed by atoms with van der Waals surface area (Å²) < 4.78 is 11.3. The number of benzene rings is 2. The van der Waals surface area contributed by atoms with Gasteiger partial charge in [-0.15, -0.1) is 0 Å². The first-order valence-electron chi connectivity index (χ1n) is 8.46. The van der Waals surface area contributed by atoms with E-state index >= 15 is 0 Å². The molecule has 1 aliphatic rings. The number of hydrogen-bond donors (Lipinski definition) is 2. The van der Waals surface area contributed by atoms with Crippen molar-refractivity contribution >= 4 is 0 Å². The Morgan fingerprint density at radius 1 is 1.12 bits per heavy atom. The maximum Gasteiger partial charge on any atom is 0.233 e. The summed E-state index contributed by atoms with van der Waals surface area (Å²) in [5.41, 5.74) is 8.53. The molecule has 25 heavy (non-hydrogen) atoms. The first kappa shape index (κ1) is 15.8. The van der Waals surface area contributed by atoms with Crippen molar-refractivity contribution in [1.29, 1.82) is 0 Å². The lowest BCUT2D eigenvalue weighted by molar-refractivity contribution is 0.339. The Balaban J connectivity index is 1.63. The molecule has 0 aliphatic carbocycles. The molecule has 2 aromatic carbocycles. The zero-order chi connectivity index (χ0) is 17.1. The van der Waals surface area contributed by atoms with Gasteiger partial charge in [0.25, 0.3) is 0 Å². The average molecular weight is 336 g/mol. The van der Waals surface area contributed by atoms with Gasteiger partial charge < -0.3 is 9.26 Å². The van der Waals surface area contributed by atoms with Gasteiger partial charge in [-0.25, -0.2) is 5.43 Å². The number of hydrogen-bond acceptors (Lipinski definition) is 6. The van der Waals surface area contributed by atoms with E-state index in [2.05, 4.69) is 33.1 Å². The van der Waals surface area contributed by atoms with Crippen molar-refractivity contribution in [2.45, 2.75) is 18.9 Å². The minimum atomic E-state index is 0.0721. The molecular formula is C19H20N4O2. The summed E-state index contributed by atoms with van der Waals surface area (Å²) in [7, 11) is 0. The molecule has 2 unspecified atom stereocenters. The van der Waals surface area contributed by atoms with Crippen LogP contribution >= 0.6 is 0 Å². The lowest BCUT2D eigenvalue weighted by Crippen LogP contribution is -2.24. The Labute approximate surface area is 146 Å². The van der Waals surface area contributed by atoms with Gasteiger partial charge in [0.1, 0.15) is 5.75 Å². The van der Waals surface area contributed by atoms with Crippen molar-refractivity contribution in [2.75, 3.05) is 13.2 Å². The minimum Gasteiger partial charge on any atom is -0.493 e. The van der Waals surface area contributed by atoms with Gasteiger partial charge in [0.15, 0.2) is 0 Å². The van der Waals surface area contributed by atoms with Crippen molar-refractivity contribution in [1.82, 2.24) is 21.0 Å². The van der Waals surface area contributed by atoms with E-state index in [1.54, 1.807) is 0 Å².